The first-order valence-corrected chi connectivity index (χ1v) is 8.15. The van der Waals surface area contributed by atoms with E-state index in [-0.39, 0.29) is 5.92 Å². The molecule has 2 fully saturated rings. The average Bonchev–Trinajstić information content (AvgIpc) is 2.50. The smallest absolute Gasteiger partial charge is 0.225 e. The lowest BCUT2D eigenvalue weighted by atomic mass is 9.85. The van der Waals surface area contributed by atoms with Crippen molar-refractivity contribution in [1.82, 2.24) is 4.90 Å². The van der Waals surface area contributed by atoms with Gasteiger partial charge in [-0.15, -0.1) is 0 Å². The Kier molecular flexibility index (Phi) is 4.59. The fraction of sp³-hybridized carbons (Fsp3) is 0.929. The second kappa shape index (κ2) is 5.83. The second-order valence-electron chi connectivity index (χ2n) is 6.30. The lowest BCUT2D eigenvalue weighted by Gasteiger charge is -2.30. The molecule has 1 saturated carbocycles. The Labute approximate surface area is 115 Å². The first-order chi connectivity index (χ1) is 8.48. The first kappa shape index (κ1) is 14.2. The summed E-state index contributed by atoms with van der Waals surface area (Å²) < 4.78 is 0.323. The predicted octanol–water partition coefficient (Wildman–Crippen LogP) is 2.25. The largest absolute Gasteiger partial charge is 0.342 e. The van der Waals surface area contributed by atoms with Crippen molar-refractivity contribution in [1.29, 1.82) is 0 Å². The molecule has 3 nitrogen and oxygen atoms in total. The first-order valence-electron chi connectivity index (χ1n) is 7.16. The quantitative estimate of drug-likeness (QED) is 0.795. The van der Waals surface area contributed by atoms with E-state index in [0.717, 1.165) is 50.9 Å². The number of rotatable bonds is 1. The number of hydrogen-bond acceptors (Lipinski definition) is 3. The number of carbonyl (C=O) groups is 1. The molecule has 0 aromatic heterocycles. The highest BCUT2D eigenvalue weighted by Gasteiger charge is 2.31. The van der Waals surface area contributed by atoms with Gasteiger partial charge in [-0.05, 0) is 32.1 Å². The second-order valence-corrected chi connectivity index (χ2v) is 8.10. The van der Waals surface area contributed by atoms with Crippen molar-refractivity contribution < 1.29 is 4.79 Å². The van der Waals surface area contributed by atoms with Crippen molar-refractivity contribution >= 4 is 17.7 Å². The number of nitrogens with two attached hydrogens (primary N) is 1. The molecule has 1 amide bonds. The van der Waals surface area contributed by atoms with Gasteiger partial charge >= 0.3 is 0 Å². The Bertz CT molecular complexity index is 298. The van der Waals surface area contributed by atoms with Gasteiger partial charge in [0.1, 0.15) is 0 Å². The van der Waals surface area contributed by atoms with E-state index in [9.17, 15) is 4.79 Å². The molecule has 1 saturated heterocycles. The van der Waals surface area contributed by atoms with Crippen LogP contribution in [0, 0.1) is 5.92 Å². The minimum atomic E-state index is 0.246. The Hall–Kier alpha value is -0.220. The number of carbonyl (C=O) groups excluding carboxylic acids is 1. The van der Waals surface area contributed by atoms with Crippen LogP contribution in [-0.2, 0) is 4.79 Å². The molecule has 104 valence electrons. The zero-order valence-corrected chi connectivity index (χ0v) is 12.5. The fourth-order valence-electron chi connectivity index (χ4n) is 2.87. The van der Waals surface area contributed by atoms with Gasteiger partial charge in [0.2, 0.25) is 5.91 Å². The van der Waals surface area contributed by atoms with E-state index >= 15 is 0 Å². The van der Waals surface area contributed by atoms with E-state index in [1.54, 1.807) is 0 Å². The number of hydrogen-bond donors (Lipinski definition) is 1. The number of thioether (sulfide) groups is 1. The van der Waals surface area contributed by atoms with E-state index < -0.39 is 0 Å². The highest BCUT2D eigenvalue weighted by atomic mass is 32.2. The van der Waals surface area contributed by atoms with Gasteiger partial charge in [-0.2, -0.15) is 11.8 Å². The van der Waals surface area contributed by atoms with Crippen molar-refractivity contribution in [3.05, 3.63) is 0 Å². The van der Waals surface area contributed by atoms with Gasteiger partial charge in [0.25, 0.3) is 0 Å². The third kappa shape index (κ3) is 3.64. The summed E-state index contributed by atoms with van der Waals surface area (Å²) in [7, 11) is 0. The highest BCUT2D eigenvalue weighted by Crippen LogP contribution is 2.32. The maximum absolute atomic E-state index is 12.5. The molecule has 0 radical (unpaired) electrons. The van der Waals surface area contributed by atoms with Crippen LogP contribution in [0.3, 0.4) is 0 Å². The van der Waals surface area contributed by atoms with Crippen LogP contribution in [0.15, 0.2) is 0 Å². The van der Waals surface area contributed by atoms with Crippen LogP contribution >= 0.6 is 11.8 Å². The average molecular weight is 270 g/mol. The van der Waals surface area contributed by atoms with Crippen LogP contribution < -0.4 is 5.73 Å². The molecule has 18 heavy (non-hydrogen) atoms. The molecule has 1 aliphatic heterocycles. The molecule has 0 atom stereocenters. The third-order valence-electron chi connectivity index (χ3n) is 4.27. The standard InChI is InChI=1S/C14H26N2OS/c1-14(2)7-8-16(9-10-18-14)13(17)11-3-5-12(15)6-4-11/h11-12H,3-10,15H2,1-2H3. The van der Waals surface area contributed by atoms with Crippen LogP contribution in [-0.4, -0.2) is 40.4 Å². The number of nitrogens with zero attached hydrogens (tertiary/aromatic N) is 1. The van der Waals surface area contributed by atoms with Gasteiger partial charge in [0, 0.05) is 35.5 Å². The zero-order valence-electron chi connectivity index (χ0n) is 11.7. The summed E-state index contributed by atoms with van der Waals surface area (Å²) in [5.74, 6) is 1.71. The maximum atomic E-state index is 12.5. The number of amides is 1. The van der Waals surface area contributed by atoms with E-state index in [1.807, 2.05) is 11.8 Å². The highest BCUT2D eigenvalue weighted by molar-refractivity contribution is 8.00. The summed E-state index contributed by atoms with van der Waals surface area (Å²) in [5.41, 5.74) is 5.91. The topological polar surface area (TPSA) is 46.3 Å². The van der Waals surface area contributed by atoms with Gasteiger partial charge in [-0.3, -0.25) is 4.79 Å². The minimum absolute atomic E-state index is 0.246. The molecular weight excluding hydrogens is 244 g/mol. The van der Waals surface area contributed by atoms with Crippen LogP contribution in [0.5, 0.6) is 0 Å². The Morgan fingerprint density at radius 1 is 1.22 bits per heavy atom. The molecule has 0 aromatic carbocycles. The molecule has 2 rings (SSSR count). The van der Waals surface area contributed by atoms with Crippen molar-refractivity contribution in [2.75, 3.05) is 18.8 Å². The Balaban J connectivity index is 1.89. The molecule has 0 bridgehead atoms. The molecule has 2 N–H and O–H groups in total. The molecule has 0 aromatic rings. The maximum Gasteiger partial charge on any atom is 0.225 e. The minimum Gasteiger partial charge on any atom is -0.342 e. The fourth-order valence-corrected chi connectivity index (χ4v) is 3.96. The van der Waals surface area contributed by atoms with Crippen LogP contribution in [0.4, 0.5) is 0 Å². The monoisotopic (exact) mass is 270 g/mol. The van der Waals surface area contributed by atoms with Crippen molar-refractivity contribution in [2.45, 2.75) is 56.7 Å². The van der Waals surface area contributed by atoms with E-state index in [0.29, 0.717) is 16.7 Å². The van der Waals surface area contributed by atoms with Crippen molar-refractivity contribution in [3.8, 4) is 0 Å². The van der Waals surface area contributed by atoms with Crippen molar-refractivity contribution in [2.24, 2.45) is 11.7 Å². The van der Waals surface area contributed by atoms with Crippen LogP contribution in [0.2, 0.25) is 0 Å². The van der Waals surface area contributed by atoms with Gasteiger partial charge in [-0.25, -0.2) is 0 Å². The summed E-state index contributed by atoms with van der Waals surface area (Å²) in [4.78, 5) is 14.6. The van der Waals surface area contributed by atoms with E-state index in [4.69, 9.17) is 5.73 Å². The molecule has 0 spiro atoms. The van der Waals surface area contributed by atoms with Gasteiger partial charge < -0.3 is 10.6 Å². The summed E-state index contributed by atoms with van der Waals surface area (Å²) in [6, 6.07) is 0.327. The lowest BCUT2D eigenvalue weighted by Crippen LogP contribution is -2.40. The van der Waals surface area contributed by atoms with Crippen LogP contribution in [0.25, 0.3) is 0 Å². The summed E-state index contributed by atoms with van der Waals surface area (Å²) >= 11 is 2.00. The summed E-state index contributed by atoms with van der Waals surface area (Å²) in [6.07, 6.45) is 5.13. The molecule has 1 heterocycles. The summed E-state index contributed by atoms with van der Waals surface area (Å²) in [6.45, 7) is 6.42. The predicted molar refractivity (Wildman–Crippen MR) is 77.7 cm³/mol. The summed E-state index contributed by atoms with van der Waals surface area (Å²) in [5, 5.41) is 0. The molecule has 4 heteroatoms. The van der Waals surface area contributed by atoms with Gasteiger partial charge in [0.15, 0.2) is 0 Å². The molecule has 2 aliphatic rings. The molecule has 0 unspecified atom stereocenters. The zero-order chi connectivity index (χ0) is 13.2. The van der Waals surface area contributed by atoms with Gasteiger partial charge in [-0.1, -0.05) is 13.8 Å². The normalized spacial score (nSPS) is 32.9. The lowest BCUT2D eigenvalue weighted by molar-refractivity contribution is -0.136. The van der Waals surface area contributed by atoms with E-state index in [1.165, 1.54) is 0 Å². The Morgan fingerprint density at radius 2 is 1.89 bits per heavy atom. The van der Waals surface area contributed by atoms with Crippen molar-refractivity contribution in [3.63, 3.8) is 0 Å². The molecule has 1 aliphatic carbocycles. The SMILES string of the molecule is CC1(C)CCN(C(=O)C2CCC(N)CC2)CCS1. The molecular formula is C14H26N2OS. The van der Waals surface area contributed by atoms with Gasteiger partial charge in [0.05, 0.1) is 0 Å². The Morgan fingerprint density at radius 3 is 2.56 bits per heavy atom. The van der Waals surface area contributed by atoms with Crippen LogP contribution in [0.1, 0.15) is 46.0 Å². The van der Waals surface area contributed by atoms with E-state index in [2.05, 4.69) is 18.7 Å². The third-order valence-corrected chi connectivity index (χ3v) is 5.64.